The Hall–Kier alpha value is -5.17. The van der Waals surface area contributed by atoms with Crippen LogP contribution in [0, 0.1) is 11.6 Å². The van der Waals surface area contributed by atoms with E-state index in [0.717, 1.165) is 20.3 Å². The van der Waals surface area contributed by atoms with Gasteiger partial charge >= 0.3 is 5.97 Å². The average molecular weight is 815 g/mol. The molecule has 0 radical (unpaired) electrons. The maximum Gasteiger partial charge on any atom is 0.305 e. The number of carboxylic acids is 1. The van der Waals surface area contributed by atoms with Crippen LogP contribution in [0.3, 0.4) is 0 Å². The highest BCUT2D eigenvalue weighted by Crippen LogP contribution is 2.34. The Morgan fingerprint density at radius 2 is 1.16 bits per heavy atom. The molecular weight excluding hydrogens is 771 g/mol. The molecule has 0 aliphatic carbocycles. The number of halogens is 2. The lowest BCUT2D eigenvalue weighted by Gasteiger charge is -2.22. The van der Waals surface area contributed by atoms with E-state index in [1.807, 2.05) is 0 Å². The van der Waals surface area contributed by atoms with Crippen LogP contribution in [0.4, 0.5) is 20.7 Å². The molecule has 2 aromatic heterocycles. The van der Waals surface area contributed by atoms with Crippen molar-refractivity contribution in [1.29, 1.82) is 0 Å². The van der Waals surface area contributed by atoms with Gasteiger partial charge in [-0.3, -0.25) is 4.79 Å². The molecule has 0 saturated carbocycles. The number of nitrogens with zero attached hydrogens (tertiary/aromatic N) is 6. The van der Waals surface area contributed by atoms with Crippen molar-refractivity contribution in [3.05, 3.63) is 94.2 Å². The van der Waals surface area contributed by atoms with E-state index in [1.165, 1.54) is 80.9 Å². The highest BCUT2D eigenvalue weighted by atomic mass is 32.2. The Morgan fingerprint density at radius 3 is 1.57 bits per heavy atom. The summed E-state index contributed by atoms with van der Waals surface area (Å²) < 4.78 is 82.7. The van der Waals surface area contributed by atoms with Crippen molar-refractivity contribution in [2.75, 3.05) is 29.0 Å². The van der Waals surface area contributed by atoms with Crippen molar-refractivity contribution in [2.45, 2.75) is 64.6 Å². The topological polar surface area (TPSA) is 204 Å². The van der Waals surface area contributed by atoms with E-state index in [2.05, 4.69) is 19.9 Å². The van der Waals surface area contributed by atoms with Crippen LogP contribution >= 0.6 is 0 Å². The number of carboxylic acid groups (broad SMARTS) is 1. The molecular formula is C38H44F2N6O8S2. The molecule has 0 amide bonds. The van der Waals surface area contributed by atoms with Gasteiger partial charge in [0.25, 0.3) is 10.0 Å². The second-order valence-electron chi connectivity index (χ2n) is 13.6. The minimum Gasteiger partial charge on any atom is -0.481 e. The van der Waals surface area contributed by atoms with Gasteiger partial charge in [0.15, 0.2) is 0 Å². The van der Waals surface area contributed by atoms with Gasteiger partial charge in [-0.15, -0.1) is 0 Å². The summed E-state index contributed by atoms with van der Waals surface area (Å²) in [7, 11) is -5.69. The number of aliphatic hydroxyl groups is 2. The molecule has 3 N–H and O–H groups in total. The third kappa shape index (κ3) is 10.8. The van der Waals surface area contributed by atoms with Crippen LogP contribution < -0.4 is 8.61 Å². The lowest BCUT2D eigenvalue weighted by Crippen LogP contribution is -2.28. The molecule has 0 unspecified atom stereocenters. The zero-order valence-electron chi connectivity index (χ0n) is 31.8. The Morgan fingerprint density at radius 1 is 0.732 bits per heavy atom. The molecule has 0 spiro atoms. The molecule has 0 aliphatic rings. The summed E-state index contributed by atoms with van der Waals surface area (Å²) in [6.07, 6.45) is 1.64. The SMILES string of the molecule is CC(C)c1nc(N(C)S(C)(=O)=O)nc(-c2ccc(F)cc2)c1C=CS(=O)(=O)N(C)c1nc(-c2ccc(F)cc2)c(/C=C/[C@@H](O)C[C@@H](O)CC(=O)O)c(C(C)C)n1. The summed E-state index contributed by atoms with van der Waals surface area (Å²) in [5, 5.41) is 30.5. The maximum absolute atomic E-state index is 14.1. The van der Waals surface area contributed by atoms with E-state index in [1.54, 1.807) is 27.7 Å². The Kier molecular flexibility index (Phi) is 13.8. The quantitative estimate of drug-likeness (QED) is 0.127. The van der Waals surface area contributed by atoms with Gasteiger partial charge in [0.2, 0.25) is 21.9 Å². The van der Waals surface area contributed by atoms with Gasteiger partial charge in [-0.05, 0) is 66.4 Å². The third-order valence-corrected chi connectivity index (χ3v) is 11.1. The fraction of sp³-hybridized carbons (Fsp3) is 0.342. The van der Waals surface area contributed by atoms with Gasteiger partial charge in [-0.1, -0.05) is 39.8 Å². The van der Waals surface area contributed by atoms with Crippen molar-refractivity contribution in [3.8, 4) is 22.5 Å². The Labute approximate surface area is 325 Å². The first-order valence-electron chi connectivity index (χ1n) is 17.3. The number of aromatic nitrogens is 4. The molecule has 2 aromatic carbocycles. The minimum absolute atomic E-state index is 0.147. The molecule has 0 fully saturated rings. The van der Waals surface area contributed by atoms with Crippen LogP contribution in [0.1, 0.15) is 74.9 Å². The zero-order chi connectivity index (χ0) is 41.7. The predicted molar refractivity (Wildman–Crippen MR) is 211 cm³/mol. The molecule has 2 atom stereocenters. The monoisotopic (exact) mass is 814 g/mol. The van der Waals surface area contributed by atoms with Crippen molar-refractivity contribution in [1.82, 2.24) is 19.9 Å². The Bertz CT molecular complexity index is 2340. The van der Waals surface area contributed by atoms with Crippen molar-refractivity contribution in [2.24, 2.45) is 0 Å². The number of benzene rings is 2. The van der Waals surface area contributed by atoms with Crippen LogP contribution in [0.25, 0.3) is 34.7 Å². The van der Waals surface area contributed by atoms with E-state index in [-0.39, 0.29) is 47.1 Å². The number of anilines is 2. The summed E-state index contributed by atoms with van der Waals surface area (Å²) >= 11 is 0. The molecule has 14 nitrogen and oxygen atoms in total. The summed E-state index contributed by atoms with van der Waals surface area (Å²) in [4.78, 5) is 29.1. The lowest BCUT2D eigenvalue weighted by atomic mass is 9.97. The van der Waals surface area contributed by atoms with Gasteiger partial charge in [0, 0.05) is 42.8 Å². The van der Waals surface area contributed by atoms with Crippen LogP contribution in [-0.2, 0) is 24.8 Å². The summed E-state index contributed by atoms with van der Waals surface area (Å²) in [5.41, 5.74) is 2.36. The standard InChI is InChI=1S/C38H44F2N6O8S2/c1-22(2)33-30(17-16-28(47)20-29(48)21-32(49)50)35(24-8-12-26(39)13-9-24)44-38(42-33)46(6)56(53,54)19-18-31-34(23(3)4)41-37(45(5)55(7,51)52)43-36(31)25-10-14-27(40)15-11-25/h8-19,22-23,28-29,47-48H,20-21H2,1-7H3,(H,49,50)/b17-16+,19-18?/t28-,29-/m1/s1. The zero-order valence-corrected chi connectivity index (χ0v) is 33.4. The molecule has 0 bridgehead atoms. The highest BCUT2D eigenvalue weighted by Gasteiger charge is 2.26. The van der Waals surface area contributed by atoms with Crippen LogP contribution in [0.5, 0.6) is 0 Å². The highest BCUT2D eigenvalue weighted by molar-refractivity contribution is 7.95. The van der Waals surface area contributed by atoms with Crippen molar-refractivity contribution in [3.63, 3.8) is 0 Å². The van der Waals surface area contributed by atoms with Crippen LogP contribution in [-0.4, -0.2) is 90.6 Å². The minimum atomic E-state index is -4.41. The van der Waals surface area contributed by atoms with Crippen LogP contribution in [0.2, 0.25) is 0 Å². The van der Waals surface area contributed by atoms with E-state index < -0.39 is 56.3 Å². The average Bonchev–Trinajstić information content (AvgIpc) is 3.11. The number of carbonyl (C=O) groups is 1. The molecule has 300 valence electrons. The number of hydrogen-bond acceptors (Lipinski definition) is 11. The molecule has 18 heteroatoms. The number of aliphatic hydroxyl groups excluding tert-OH is 2. The van der Waals surface area contributed by atoms with Crippen molar-refractivity contribution < 1.29 is 45.7 Å². The predicted octanol–water partition coefficient (Wildman–Crippen LogP) is 5.56. The van der Waals surface area contributed by atoms with E-state index in [9.17, 15) is 40.6 Å². The van der Waals surface area contributed by atoms with Gasteiger partial charge in [-0.2, -0.15) is 0 Å². The van der Waals surface area contributed by atoms with Gasteiger partial charge in [0.1, 0.15) is 11.6 Å². The molecule has 0 saturated heterocycles. The number of aliphatic carboxylic acids is 1. The van der Waals surface area contributed by atoms with E-state index in [0.29, 0.717) is 28.1 Å². The largest absolute Gasteiger partial charge is 0.481 e. The van der Waals surface area contributed by atoms with Crippen molar-refractivity contribution >= 4 is 50.1 Å². The second-order valence-corrected chi connectivity index (χ2v) is 17.5. The first-order chi connectivity index (χ1) is 26.1. The van der Waals surface area contributed by atoms with E-state index >= 15 is 0 Å². The maximum atomic E-state index is 14.1. The molecule has 2 heterocycles. The van der Waals surface area contributed by atoms with Gasteiger partial charge in [0.05, 0.1) is 53.1 Å². The molecule has 56 heavy (non-hydrogen) atoms. The fourth-order valence-electron chi connectivity index (χ4n) is 5.45. The second kappa shape index (κ2) is 17.7. The first-order valence-corrected chi connectivity index (χ1v) is 20.7. The third-order valence-electron chi connectivity index (χ3n) is 8.51. The summed E-state index contributed by atoms with van der Waals surface area (Å²) in [5.74, 6) is -3.43. The number of sulfonamides is 2. The fourth-order valence-corrected chi connectivity index (χ4v) is 6.63. The summed E-state index contributed by atoms with van der Waals surface area (Å²) in [6.45, 7) is 7.16. The Balaban J connectivity index is 1.87. The number of rotatable bonds is 16. The lowest BCUT2D eigenvalue weighted by molar-refractivity contribution is -0.139. The smallest absolute Gasteiger partial charge is 0.305 e. The van der Waals surface area contributed by atoms with E-state index in [4.69, 9.17) is 5.11 Å². The van der Waals surface area contributed by atoms with Gasteiger partial charge < -0.3 is 15.3 Å². The molecule has 4 rings (SSSR count). The summed E-state index contributed by atoms with van der Waals surface area (Å²) in [6, 6.07) is 10.5. The number of hydrogen-bond donors (Lipinski definition) is 3. The normalized spacial score (nSPS) is 13.5. The molecule has 0 aliphatic heterocycles. The van der Waals surface area contributed by atoms with Crippen LogP contribution in [0.15, 0.2) is 60.0 Å². The first kappa shape index (κ1) is 43.6. The molecule has 4 aromatic rings. The van der Waals surface area contributed by atoms with Gasteiger partial charge in [-0.25, -0.2) is 54.2 Å².